The van der Waals surface area contributed by atoms with E-state index in [1.54, 1.807) is 0 Å². The van der Waals surface area contributed by atoms with Gasteiger partial charge in [0.05, 0.1) is 0 Å². The van der Waals surface area contributed by atoms with Gasteiger partial charge in [-0.05, 0) is 15.9 Å². The summed E-state index contributed by atoms with van der Waals surface area (Å²) in [4.78, 5) is 0. The van der Waals surface area contributed by atoms with Gasteiger partial charge in [0, 0.05) is 22.6 Å². The fourth-order valence-corrected chi connectivity index (χ4v) is 0.497. The monoisotopic (exact) mass is 372 g/mol. The van der Waals surface area contributed by atoms with Crippen LogP contribution in [0.2, 0.25) is 0 Å². The molecule has 0 aromatic carbocycles. The van der Waals surface area contributed by atoms with Crippen LogP contribution in [0.5, 0.6) is 0 Å². The van der Waals surface area contributed by atoms with Crippen molar-refractivity contribution < 1.29 is 31.1 Å². The topological polar surface area (TPSA) is 9.23 Å². The van der Waals surface area contributed by atoms with Crippen molar-refractivity contribution in [1.82, 2.24) is 0 Å². The Morgan fingerprint density at radius 3 is 1.42 bits per heavy atom. The minimum absolute atomic E-state index is 0.179. The molecule has 9 heteroatoms. The predicted octanol–water partition coefficient (Wildman–Crippen LogP) is 3.57. The Bertz CT molecular complexity index is 161. The summed E-state index contributed by atoms with van der Waals surface area (Å²) in [6.45, 7) is 0. The molecule has 0 N–H and O–H groups in total. The van der Waals surface area contributed by atoms with Crippen molar-refractivity contribution in [2.24, 2.45) is 0 Å². The van der Waals surface area contributed by atoms with Crippen LogP contribution < -0.4 is 0 Å². The molecule has 12 heavy (non-hydrogen) atoms. The lowest BCUT2D eigenvalue weighted by atomic mass is 10.7. The van der Waals surface area contributed by atoms with Crippen molar-refractivity contribution in [1.29, 1.82) is 0 Å². The van der Waals surface area contributed by atoms with Crippen molar-refractivity contribution in [2.75, 3.05) is 0 Å². The van der Waals surface area contributed by atoms with Crippen LogP contribution in [0.25, 0.3) is 0 Å². The molecule has 0 rings (SSSR count). The number of hydrogen-bond donors (Lipinski definition) is 0. The van der Waals surface area contributed by atoms with Crippen LogP contribution in [0, 0.1) is 0 Å². The second-order valence-electron chi connectivity index (χ2n) is 1.56. The lowest BCUT2D eigenvalue weighted by Crippen LogP contribution is -2.40. The highest BCUT2D eigenvalue weighted by Crippen LogP contribution is 2.46. The average Bonchev–Trinajstić information content (AvgIpc) is 1.52. The zero-order chi connectivity index (χ0) is 10.2. The van der Waals surface area contributed by atoms with Crippen LogP contribution in [-0.4, -0.2) is 15.1 Å². The fraction of sp³-hybridized carbons (Fsp3) is 1.00. The molecule has 0 radical (unpaired) electrons. The molecule has 0 fully saturated rings. The maximum atomic E-state index is 12.3. The summed E-state index contributed by atoms with van der Waals surface area (Å²) in [5.41, 5.74) is 0. The van der Waals surface area contributed by atoms with Crippen LogP contribution >= 0.6 is 38.5 Å². The van der Waals surface area contributed by atoms with E-state index in [-0.39, 0.29) is 22.6 Å². The number of rotatable bonds is 2. The molecule has 0 aliphatic heterocycles. The zero-order valence-electron chi connectivity index (χ0n) is 4.93. The quantitative estimate of drug-likeness (QED) is 0.409. The van der Waals surface area contributed by atoms with Crippen LogP contribution in [-0.2, 0) is 4.74 Å². The van der Waals surface area contributed by atoms with Gasteiger partial charge in [0.25, 0.3) is 0 Å². The Balaban J connectivity index is 4.44. The Hall–Kier alpha value is 0.750. The van der Waals surface area contributed by atoms with E-state index in [1.807, 2.05) is 0 Å². The maximum Gasteiger partial charge on any atom is 0.526 e. The summed E-state index contributed by atoms with van der Waals surface area (Å²) in [6.07, 6.45) is -5.47. The molecule has 0 amide bonds. The molecule has 0 bridgehead atoms. The lowest BCUT2D eigenvalue weighted by Gasteiger charge is -2.24. The van der Waals surface area contributed by atoms with Gasteiger partial charge in [0.15, 0.2) is 0 Å². The van der Waals surface area contributed by atoms with Gasteiger partial charge in [0.1, 0.15) is 0 Å². The summed E-state index contributed by atoms with van der Waals surface area (Å²) in [5, 5.41) is 0. The second kappa shape index (κ2) is 3.48. The Kier molecular flexibility index (Phi) is 3.70. The maximum absolute atomic E-state index is 12.3. The summed E-state index contributed by atoms with van der Waals surface area (Å²) in [7, 11) is 0. The minimum atomic E-state index is -5.47. The molecular formula is C3BrF6IO. The van der Waals surface area contributed by atoms with E-state index in [0.717, 1.165) is 0 Å². The summed E-state index contributed by atoms with van der Waals surface area (Å²) in [5.74, 6) is 0. The third-order valence-electron chi connectivity index (χ3n) is 0.574. The molecule has 0 heterocycles. The molecule has 1 nitrogen and oxygen atoms in total. The third kappa shape index (κ3) is 4.12. The van der Waals surface area contributed by atoms with Crippen LogP contribution in [0.4, 0.5) is 26.3 Å². The molecule has 0 spiro atoms. The summed E-state index contributed by atoms with van der Waals surface area (Å²) in [6, 6.07) is 0. The number of halogens is 8. The van der Waals surface area contributed by atoms with Gasteiger partial charge in [-0.25, -0.2) is 4.74 Å². The number of ether oxygens (including phenoxy) is 1. The molecular weight excluding hydrogens is 373 g/mol. The van der Waals surface area contributed by atoms with Gasteiger partial charge < -0.3 is 0 Å². The first kappa shape index (κ1) is 12.8. The highest BCUT2D eigenvalue weighted by atomic mass is 127. The number of alkyl halides is 8. The van der Waals surface area contributed by atoms with Crippen LogP contribution in [0.3, 0.4) is 0 Å². The molecule has 74 valence electrons. The molecule has 0 aliphatic carbocycles. The molecule has 0 saturated carbocycles. The van der Waals surface area contributed by atoms with Gasteiger partial charge in [0.2, 0.25) is 0 Å². The van der Waals surface area contributed by atoms with Crippen molar-refractivity contribution >= 4 is 38.5 Å². The third-order valence-corrected chi connectivity index (χ3v) is 2.67. The molecule has 0 aliphatic rings. The summed E-state index contributed by atoms with van der Waals surface area (Å²) < 4.78 is 63.9. The van der Waals surface area contributed by atoms with Gasteiger partial charge in [-0.2, -0.15) is 13.2 Å². The van der Waals surface area contributed by atoms with Crippen molar-refractivity contribution in [3.8, 4) is 0 Å². The number of hydrogen-bond acceptors (Lipinski definition) is 1. The first-order valence-electron chi connectivity index (χ1n) is 2.17. The highest BCUT2D eigenvalue weighted by molar-refractivity contribution is 14.1. The van der Waals surface area contributed by atoms with E-state index < -0.39 is 15.1 Å². The van der Waals surface area contributed by atoms with E-state index in [4.69, 9.17) is 0 Å². The molecule has 1 unspecified atom stereocenters. The molecule has 1 atom stereocenters. The Labute approximate surface area is 84.7 Å². The average molecular weight is 373 g/mol. The molecule has 0 aromatic rings. The van der Waals surface area contributed by atoms with Gasteiger partial charge in [-0.1, -0.05) is 0 Å². The lowest BCUT2D eigenvalue weighted by molar-refractivity contribution is -0.384. The first-order valence-corrected chi connectivity index (χ1v) is 4.04. The van der Waals surface area contributed by atoms with Gasteiger partial charge in [-0.3, -0.25) is 0 Å². The molecule has 0 saturated heterocycles. The summed E-state index contributed by atoms with van der Waals surface area (Å²) >= 11 is 1.65. The smallest absolute Gasteiger partial charge is 0.238 e. The van der Waals surface area contributed by atoms with E-state index >= 15 is 0 Å². The van der Waals surface area contributed by atoms with Crippen molar-refractivity contribution in [2.45, 2.75) is 15.1 Å². The van der Waals surface area contributed by atoms with E-state index in [0.29, 0.717) is 0 Å². The highest BCUT2D eigenvalue weighted by Gasteiger charge is 2.58. The zero-order valence-corrected chi connectivity index (χ0v) is 8.68. The van der Waals surface area contributed by atoms with Gasteiger partial charge >= 0.3 is 15.1 Å². The minimum Gasteiger partial charge on any atom is -0.238 e. The standard InChI is InChI=1S/C3BrF6IO/c4-1(5,2(6,7)11)12-3(8,9)10. The van der Waals surface area contributed by atoms with E-state index in [9.17, 15) is 26.3 Å². The van der Waals surface area contributed by atoms with Crippen molar-refractivity contribution in [3.63, 3.8) is 0 Å². The van der Waals surface area contributed by atoms with Crippen molar-refractivity contribution in [3.05, 3.63) is 0 Å². The second-order valence-corrected chi connectivity index (χ2v) is 3.94. The van der Waals surface area contributed by atoms with Crippen LogP contribution in [0.1, 0.15) is 0 Å². The largest absolute Gasteiger partial charge is 0.526 e. The Morgan fingerprint density at radius 2 is 1.33 bits per heavy atom. The normalized spacial score (nSPS) is 19.0. The van der Waals surface area contributed by atoms with Crippen LogP contribution in [0.15, 0.2) is 0 Å². The Morgan fingerprint density at radius 1 is 1.00 bits per heavy atom. The van der Waals surface area contributed by atoms with E-state index in [2.05, 4.69) is 4.74 Å². The molecule has 0 aromatic heterocycles. The predicted molar refractivity (Wildman–Crippen MR) is 38.9 cm³/mol. The fourth-order valence-electron chi connectivity index (χ4n) is 0.203. The van der Waals surface area contributed by atoms with E-state index in [1.165, 1.54) is 15.9 Å². The van der Waals surface area contributed by atoms with Gasteiger partial charge in [-0.15, -0.1) is 13.2 Å². The SMILES string of the molecule is FC(F)(F)OC(F)(Br)C(F)(F)I. The first-order chi connectivity index (χ1) is 4.96.